The number of nitroso groups, excluding NO2 is 1. The van der Waals surface area contributed by atoms with E-state index in [0.29, 0.717) is 5.56 Å². The first-order chi connectivity index (χ1) is 5.38. The zero-order valence-corrected chi connectivity index (χ0v) is 5.77. The highest BCUT2D eigenvalue weighted by Crippen LogP contribution is 2.14. The molecule has 0 fully saturated rings. The Labute approximate surface area is 64.2 Å². The Morgan fingerprint density at radius 3 is 2.45 bits per heavy atom. The van der Waals surface area contributed by atoms with E-state index < -0.39 is 6.04 Å². The molecule has 1 unspecified atom stereocenters. The Bertz CT molecular complexity index is 276. The Balaban J connectivity index is 2.93. The third-order valence-corrected chi connectivity index (χ3v) is 1.34. The molecule has 0 aliphatic rings. The highest BCUT2D eigenvalue weighted by Gasteiger charge is 2.07. The van der Waals surface area contributed by atoms with Gasteiger partial charge in [-0.3, -0.25) is 0 Å². The van der Waals surface area contributed by atoms with Crippen molar-refractivity contribution in [3.63, 3.8) is 0 Å². The summed E-state index contributed by atoms with van der Waals surface area (Å²) in [6.07, 6.45) is 0. The summed E-state index contributed by atoms with van der Waals surface area (Å²) in [6.45, 7) is 0. The van der Waals surface area contributed by atoms with Crippen molar-refractivity contribution in [1.82, 2.24) is 0 Å². The molecular formula is C8H6N2O. The predicted octanol–water partition coefficient (Wildman–Crippen LogP) is 2.02. The van der Waals surface area contributed by atoms with Gasteiger partial charge in [-0.15, -0.1) is 4.91 Å². The van der Waals surface area contributed by atoms with Crippen molar-refractivity contribution in [3.05, 3.63) is 40.8 Å². The lowest BCUT2D eigenvalue weighted by Crippen LogP contribution is -1.88. The van der Waals surface area contributed by atoms with Gasteiger partial charge in [0.1, 0.15) is 0 Å². The normalized spacial score (nSPS) is 11.5. The van der Waals surface area contributed by atoms with Gasteiger partial charge in [0.25, 0.3) is 0 Å². The van der Waals surface area contributed by atoms with Gasteiger partial charge >= 0.3 is 0 Å². The van der Waals surface area contributed by atoms with Gasteiger partial charge in [0.15, 0.2) is 0 Å². The van der Waals surface area contributed by atoms with Crippen molar-refractivity contribution < 1.29 is 0 Å². The second-order valence-electron chi connectivity index (χ2n) is 2.05. The second-order valence-corrected chi connectivity index (χ2v) is 2.05. The fourth-order valence-electron chi connectivity index (χ4n) is 0.794. The lowest BCUT2D eigenvalue weighted by molar-refractivity contribution is 0.916. The van der Waals surface area contributed by atoms with Gasteiger partial charge < -0.3 is 0 Å². The number of benzene rings is 1. The molecule has 1 rings (SSSR count). The van der Waals surface area contributed by atoms with E-state index in [1.165, 1.54) is 0 Å². The third-order valence-electron chi connectivity index (χ3n) is 1.34. The van der Waals surface area contributed by atoms with Crippen molar-refractivity contribution in [2.45, 2.75) is 6.04 Å². The van der Waals surface area contributed by atoms with Crippen molar-refractivity contribution in [3.8, 4) is 6.07 Å². The molecular weight excluding hydrogens is 140 g/mol. The first kappa shape index (κ1) is 7.42. The Hall–Kier alpha value is -1.69. The molecule has 0 N–H and O–H groups in total. The molecule has 0 spiro atoms. The number of rotatable bonds is 2. The molecule has 0 amide bonds. The summed E-state index contributed by atoms with van der Waals surface area (Å²) in [5.74, 6) is 0. The van der Waals surface area contributed by atoms with Crippen LogP contribution in [0.3, 0.4) is 0 Å². The number of nitrogens with zero attached hydrogens (tertiary/aromatic N) is 2. The summed E-state index contributed by atoms with van der Waals surface area (Å²) in [6, 6.07) is 9.69. The molecule has 0 heterocycles. The maximum atomic E-state index is 10.1. The average Bonchev–Trinajstić information content (AvgIpc) is 2.09. The average molecular weight is 146 g/mol. The number of hydrogen-bond donors (Lipinski definition) is 0. The Kier molecular flexibility index (Phi) is 2.34. The third kappa shape index (κ3) is 1.62. The van der Waals surface area contributed by atoms with Gasteiger partial charge in [-0.25, -0.2) is 0 Å². The van der Waals surface area contributed by atoms with Crippen LogP contribution in [0.15, 0.2) is 35.5 Å². The van der Waals surface area contributed by atoms with Crippen LogP contribution in [0, 0.1) is 16.2 Å². The van der Waals surface area contributed by atoms with Gasteiger partial charge in [0.2, 0.25) is 6.04 Å². The maximum Gasteiger partial charge on any atom is 0.203 e. The second kappa shape index (κ2) is 3.47. The molecule has 1 atom stereocenters. The van der Waals surface area contributed by atoms with E-state index in [4.69, 9.17) is 5.26 Å². The molecule has 3 nitrogen and oxygen atoms in total. The van der Waals surface area contributed by atoms with Gasteiger partial charge in [-0.2, -0.15) is 5.26 Å². The summed E-state index contributed by atoms with van der Waals surface area (Å²) in [7, 11) is 0. The molecule has 0 saturated heterocycles. The first-order valence-electron chi connectivity index (χ1n) is 3.15. The van der Waals surface area contributed by atoms with Crippen molar-refractivity contribution in [1.29, 1.82) is 5.26 Å². The van der Waals surface area contributed by atoms with Crippen molar-refractivity contribution in [2.75, 3.05) is 0 Å². The zero-order valence-electron chi connectivity index (χ0n) is 5.77. The van der Waals surface area contributed by atoms with Crippen LogP contribution in [-0.2, 0) is 0 Å². The smallest absolute Gasteiger partial charge is 0.195 e. The molecule has 0 aromatic heterocycles. The van der Waals surface area contributed by atoms with Crippen LogP contribution >= 0.6 is 0 Å². The van der Waals surface area contributed by atoms with E-state index >= 15 is 0 Å². The fourth-order valence-corrected chi connectivity index (χ4v) is 0.794. The summed E-state index contributed by atoms with van der Waals surface area (Å²) in [5, 5.41) is 11.1. The minimum absolute atomic E-state index is 0.644. The minimum atomic E-state index is -0.865. The Morgan fingerprint density at radius 2 is 2.00 bits per heavy atom. The van der Waals surface area contributed by atoms with Crippen LogP contribution in [0.25, 0.3) is 0 Å². The van der Waals surface area contributed by atoms with Crippen molar-refractivity contribution >= 4 is 0 Å². The number of hydrogen-bond acceptors (Lipinski definition) is 3. The lowest BCUT2D eigenvalue weighted by atomic mass is 10.1. The fraction of sp³-hybridized carbons (Fsp3) is 0.125. The van der Waals surface area contributed by atoms with Crippen molar-refractivity contribution in [2.24, 2.45) is 5.18 Å². The molecule has 0 saturated carbocycles. The van der Waals surface area contributed by atoms with E-state index in [0.717, 1.165) is 0 Å². The standard InChI is InChI=1S/C8H6N2O/c9-6-8(10-11)7-4-2-1-3-5-7/h1-5,8H. The van der Waals surface area contributed by atoms with E-state index in [9.17, 15) is 4.91 Å². The van der Waals surface area contributed by atoms with E-state index in [-0.39, 0.29) is 0 Å². The molecule has 3 heteroatoms. The number of nitriles is 1. The van der Waals surface area contributed by atoms with Crippen LogP contribution < -0.4 is 0 Å². The summed E-state index contributed by atoms with van der Waals surface area (Å²) >= 11 is 0. The first-order valence-corrected chi connectivity index (χ1v) is 3.15. The molecule has 1 aromatic rings. The molecule has 54 valence electrons. The molecule has 0 aliphatic heterocycles. The molecule has 0 bridgehead atoms. The molecule has 11 heavy (non-hydrogen) atoms. The predicted molar refractivity (Wildman–Crippen MR) is 40.6 cm³/mol. The summed E-state index contributed by atoms with van der Waals surface area (Å²) in [4.78, 5) is 10.1. The van der Waals surface area contributed by atoms with Gasteiger partial charge in [-0.1, -0.05) is 30.3 Å². The van der Waals surface area contributed by atoms with Gasteiger partial charge in [-0.05, 0) is 10.7 Å². The molecule has 1 aromatic carbocycles. The van der Waals surface area contributed by atoms with Gasteiger partial charge in [0.05, 0.1) is 6.07 Å². The Morgan fingerprint density at radius 1 is 1.36 bits per heavy atom. The van der Waals surface area contributed by atoms with E-state index in [1.807, 2.05) is 6.07 Å². The minimum Gasteiger partial charge on any atom is -0.195 e. The van der Waals surface area contributed by atoms with E-state index in [2.05, 4.69) is 5.18 Å². The van der Waals surface area contributed by atoms with Gasteiger partial charge in [0, 0.05) is 0 Å². The van der Waals surface area contributed by atoms with E-state index in [1.54, 1.807) is 30.3 Å². The van der Waals surface area contributed by atoms with Crippen LogP contribution in [0.4, 0.5) is 0 Å². The summed E-state index contributed by atoms with van der Waals surface area (Å²) in [5.41, 5.74) is 0.644. The monoisotopic (exact) mass is 146 g/mol. The largest absolute Gasteiger partial charge is 0.203 e. The highest BCUT2D eigenvalue weighted by molar-refractivity contribution is 5.23. The molecule has 0 radical (unpaired) electrons. The lowest BCUT2D eigenvalue weighted by Gasteiger charge is -1.96. The molecule has 0 aliphatic carbocycles. The van der Waals surface area contributed by atoms with Crippen LogP contribution in [0.2, 0.25) is 0 Å². The maximum absolute atomic E-state index is 10.1. The topological polar surface area (TPSA) is 53.2 Å². The SMILES string of the molecule is N#CC(N=O)c1ccccc1. The van der Waals surface area contributed by atoms with Crippen LogP contribution in [0.1, 0.15) is 11.6 Å². The zero-order chi connectivity index (χ0) is 8.10. The summed E-state index contributed by atoms with van der Waals surface area (Å²) < 4.78 is 0. The van der Waals surface area contributed by atoms with Crippen LogP contribution in [0.5, 0.6) is 0 Å². The highest BCUT2D eigenvalue weighted by atomic mass is 16.3. The quantitative estimate of drug-likeness (QED) is 0.599. The van der Waals surface area contributed by atoms with Crippen LogP contribution in [-0.4, -0.2) is 0 Å².